The Morgan fingerprint density at radius 3 is 2.14 bits per heavy atom. The maximum atomic E-state index is 12.3. The molecule has 0 saturated heterocycles. The Morgan fingerprint density at radius 2 is 1.57 bits per heavy atom. The van der Waals surface area contributed by atoms with Crippen LogP contribution < -0.4 is 10.6 Å². The average Bonchev–Trinajstić information content (AvgIpc) is 3.20. The topological polar surface area (TPSA) is 67.4 Å². The summed E-state index contributed by atoms with van der Waals surface area (Å²) in [5, 5.41) is 7.33. The maximum absolute atomic E-state index is 12.3. The van der Waals surface area contributed by atoms with Gasteiger partial charge in [0.2, 0.25) is 0 Å². The highest BCUT2D eigenvalue weighted by Crippen LogP contribution is 2.27. The molecule has 0 fully saturated rings. The molecule has 6 heteroatoms. The predicted octanol–water partition coefficient (Wildman–Crippen LogP) is 4.88. The molecule has 0 saturated carbocycles. The third-order valence-electron chi connectivity index (χ3n) is 4.41. The summed E-state index contributed by atoms with van der Waals surface area (Å²) in [7, 11) is 1.32. The Bertz CT molecular complexity index is 870. The number of methoxy groups -OCH3 is 1. The highest BCUT2D eigenvalue weighted by atomic mass is 32.1. The Balaban J connectivity index is 1.61. The minimum absolute atomic E-state index is 0.189. The summed E-state index contributed by atoms with van der Waals surface area (Å²) < 4.78 is 4.73. The van der Waals surface area contributed by atoms with Crippen LogP contribution in [0.4, 0.5) is 10.5 Å². The van der Waals surface area contributed by atoms with Crippen LogP contribution >= 0.6 is 11.3 Å². The van der Waals surface area contributed by atoms with Crippen LogP contribution in [0.15, 0.2) is 72.1 Å². The minimum Gasteiger partial charge on any atom is -0.465 e. The SMILES string of the molecule is COC(=O)c1sccc1NC(=O)NCCC(c1ccccc1)c1ccccc1. The number of ether oxygens (including phenoxy) is 1. The summed E-state index contributed by atoms with van der Waals surface area (Å²) in [4.78, 5) is 24.3. The lowest BCUT2D eigenvalue weighted by atomic mass is 9.88. The lowest BCUT2D eigenvalue weighted by Crippen LogP contribution is -2.30. The second kappa shape index (κ2) is 9.71. The zero-order valence-corrected chi connectivity index (χ0v) is 16.4. The van der Waals surface area contributed by atoms with Gasteiger partial charge in [-0.3, -0.25) is 0 Å². The van der Waals surface area contributed by atoms with Crippen molar-refractivity contribution >= 4 is 29.0 Å². The molecule has 28 heavy (non-hydrogen) atoms. The van der Waals surface area contributed by atoms with Crippen molar-refractivity contribution in [1.82, 2.24) is 5.32 Å². The molecule has 2 aromatic carbocycles. The van der Waals surface area contributed by atoms with Crippen LogP contribution in [0.2, 0.25) is 0 Å². The third kappa shape index (κ3) is 4.98. The molecule has 0 aliphatic rings. The highest BCUT2D eigenvalue weighted by Gasteiger charge is 2.17. The number of rotatable bonds is 7. The molecule has 0 radical (unpaired) electrons. The van der Waals surface area contributed by atoms with E-state index in [1.54, 1.807) is 11.4 Å². The first-order valence-electron chi connectivity index (χ1n) is 8.99. The number of anilines is 1. The number of esters is 1. The molecule has 2 amide bonds. The second-order valence-electron chi connectivity index (χ2n) is 6.20. The third-order valence-corrected chi connectivity index (χ3v) is 5.30. The predicted molar refractivity (Wildman–Crippen MR) is 112 cm³/mol. The summed E-state index contributed by atoms with van der Waals surface area (Å²) in [6.07, 6.45) is 0.759. The van der Waals surface area contributed by atoms with Gasteiger partial charge in [0.05, 0.1) is 12.8 Å². The second-order valence-corrected chi connectivity index (χ2v) is 7.11. The van der Waals surface area contributed by atoms with Crippen LogP contribution in [0, 0.1) is 0 Å². The first-order valence-corrected chi connectivity index (χ1v) is 9.87. The van der Waals surface area contributed by atoms with E-state index < -0.39 is 5.97 Å². The van der Waals surface area contributed by atoms with Crippen molar-refractivity contribution < 1.29 is 14.3 Å². The first-order chi connectivity index (χ1) is 13.7. The molecule has 3 rings (SSSR count). The molecular weight excluding hydrogens is 372 g/mol. The largest absolute Gasteiger partial charge is 0.465 e. The fourth-order valence-corrected chi connectivity index (χ4v) is 3.82. The number of thiophene rings is 1. The van der Waals surface area contributed by atoms with Gasteiger partial charge in [-0.05, 0) is 29.0 Å². The van der Waals surface area contributed by atoms with E-state index >= 15 is 0 Å². The van der Waals surface area contributed by atoms with Crippen molar-refractivity contribution in [1.29, 1.82) is 0 Å². The molecule has 1 aromatic heterocycles. The number of benzene rings is 2. The van der Waals surface area contributed by atoms with Gasteiger partial charge in [-0.2, -0.15) is 0 Å². The van der Waals surface area contributed by atoms with Crippen molar-refractivity contribution in [3.63, 3.8) is 0 Å². The molecule has 0 aliphatic heterocycles. The molecule has 0 atom stereocenters. The van der Waals surface area contributed by atoms with Crippen molar-refractivity contribution in [2.75, 3.05) is 19.0 Å². The zero-order chi connectivity index (χ0) is 19.8. The van der Waals surface area contributed by atoms with E-state index in [-0.39, 0.29) is 11.9 Å². The van der Waals surface area contributed by atoms with Crippen LogP contribution in [0.5, 0.6) is 0 Å². The van der Waals surface area contributed by atoms with Gasteiger partial charge in [0.25, 0.3) is 0 Å². The summed E-state index contributed by atoms with van der Waals surface area (Å²) >= 11 is 1.23. The molecule has 144 valence electrons. The van der Waals surface area contributed by atoms with Crippen molar-refractivity contribution in [2.45, 2.75) is 12.3 Å². The van der Waals surface area contributed by atoms with Crippen LogP contribution in [-0.4, -0.2) is 25.7 Å². The van der Waals surface area contributed by atoms with Gasteiger partial charge in [-0.15, -0.1) is 11.3 Å². The molecule has 3 aromatic rings. The average molecular weight is 394 g/mol. The fraction of sp³-hybridized carbons (Fsp3) is 0.182. The maximum Gasteiger partial charge on any atom is 0.350 e. The smallest absolute Gasteiger partial charge is 0.350 e. The molecule has 1 heterocycles. The van der Waals surface area contributed by atoms with Crippen LogP contribution in [-0.2, 0) is 4.74 Å². The van der Waals surface area contributed by atoms with Gasteiger partial charge in [0.15, 0.2) is 0 Å². The summed E-state index contributed by atoms with van der Waals surface area (Å²) in [6.45, 7) is 0.498. The number of urea groups is 1. The number of amides is 2. The van der Waals surface area contributed by atoms with Gasteiger partial charge in [-0.1, -0.05) is 60.7 Å². The van der Waals surface area contributed by atoms with E-state index in [9.17, 15) is 9.59 Å². The number of hydrogen-bond donors (Lipinski definition) is 2. The molecule has 0 spiro atoms. The Morgan fingerprint density at radius 1 is 0.964 bits per heavy atom. The van der Waals surface area contributed by atoms with Gasteiger partial charge < -0.3 is 15.4 Å². The van der Waals surface area contributed by atoms with E-state index in [2.05, 4.69) is 34.9 Å². The number of carbonyl (C=O) groups is 2. The Labute approximate surface area is 168 Å². The number of carbonyl (C=O) groups excluding carboxylic acids is 2. The first kappa shape index (κ1) is 19.6. The molecule has 2 N–H and O–H groups in total. The van der Waals surface area contributed by atoms with Crippen molar-refractivity contribution in [2.24, 2.45) is 0 Å². The van der Waals surface area contributed by atoms with E-state index in [0.29, 0.717) is 17.1 Å². The van der Waals surface area contributed by atoms with Gasteiger partial charge in [0, 0.05) is 12.5 Å². The van der Waals surface area contributed by atoms with Crippen LogP contribution in [0.1, 0.15) is 33.1 Å². The van der Waals surface area contributed by atoms with E-state index in [1.165, 1.54) is 29.6 Å². The van der Waals surface area contributed by atoms with Crippen LogP contribution in [0.25, 0.3) is 0 Å². The summed E-state index contributed by atoms with van der Waals surface area (Å²) in [5.41, 5.74) is 2.88. The molecule has 0 aliphatic carbocycles. The van der Waals surface area contributed by atoms with Crippen LogP contribution in [0.3, 0.4) is 0 Å². The Hall–Kier alpha value is -3.12. The minimum atomic E-state index is -0.460. The monoisotopic (exact) mass is 394 g/mol. The lowest BCUT2D eigenvalue weighted by Gasteiger charge is -2.18. The van der Waals surface area contributed by atoms with Gasteiger partial charge >= 0.3 is 12.0 Å². The summed E-state index contributed by atoms with van der Waals surface area (Å²) in [5.74, 6) is -0.270. The van der Waals surface area contributed by atoms with E-state index in [0.717, 1.165) is 6.42 Å². The number of hydrogen-bond acceptors (Lipinski definition) is 4. The zero-order valence-electron chi connectivity index (χ0n) is 15.6. The summed E-state index contributed by atoms with van der Waals surface area (Å²) in [6, 6.07) is 21.8. The Kier molecular flexibility index (Phi) is 6.81. The quantitative estimate of drug-likeness (QED) is 0.561. The van der Waals surface area contributed by atoms with Gasteiger partial charge in [-0.25, -0.2) is 9.59 Å². The highest BCUT2D eigenvalue weighted by molar-refractivity contribution is 7.12. The van der Waals surface area contributed by atoms with E-state index in [1.807, 2.05) is 36.4 Å². The fourth-order valence-electron chi connectivity index (χ4n) is 3.05. The lowest BCUT2D eigenvalue weighted by molar-refractivity contribution is 0.0607. The van der Waals surface area contributed by atoms with Gasteiger partial charge in [0.1, 0.15) is 4.88 Å². The van der Waals surface area contributed by atoms with Crippen molar-refractivity contribution in [3.05, 3.63) is 88.1 Å². The molecule has 0 bridgehead atoms. The van der Waals surface area contributed by atoms with Crippen molar-refractivity contribution in [3.8, 4) is 0 Å². The van der Waals surface area contributed by atoms with E-state index in [4.69, 9.17) is 4.74 Å². The molecular formula is C22H22N2O3S. The standard InChI is InChI=1S/C22H22N2O3S/c1-27-21(25)20-19(13-15-28-20)24-22(26)23-14-12-18(16-8-4-2-5-9-16)17-10-6-3-7-11-17/h2-11,13,15,18H,12,14H2,1H3,(H2,23,24,26). The number of nitrogens with one attached hydrogen (secondary N) is 2. The molecule has 5 nitrogen and oxygen atoms in total. The normalized spacial score (nSPS) is 10.5. The molecule has 0 unspecified atom stereocenters.